The summed E-state index contributed by atoms with van der Waals surface area (Å²) in [5.41, 5.74) is 5.40. The molecule has 3 N–H and O–H groups in total. The molecule has 8 heteroatoms. The van der Waals surface area contributed by atoms with Crippen LogP contribution in [0.25, 0.3) is 0 Å². The van der Waals surface area contributed by atoms with Crippen molar-refractivity contribution in [3.63, 3.8) is 0 Å². The summed E-state index contributed by atoms with van der Waals surface area (Å²) in [6, 6.07) is 1.68. The molecule has 2 heterocycles. The lowest BCUT2D eigenvalue weighted by Crippen LogP contribution is -2.18. The first-order valence-corrected chi connectivity index (χ1v) is 7.11. The molecule has 2 aromatic rings. The van der Waals surface area contributed by atoms with Crippen LogP contribution in [0, 0.1) is 0 Å². The van der Waals surface area contributed by atoms with Crippen LogP contribution in [0.15, 0.2) is 21.0 Å². The van der Waals surface area contributed by atoms with Crippen molar-refractivity contribution in [2.24, 2.45) is 0 Å². The molecule has 0 bridgehead atoms. The molecule has 0 saturated heterocycles. The second-order valence-electron chi connectivity index (χ2n) is 5.36. The van der Waals surface area contributed by atoms with Gasteiger partial charge in [-0.25, -0.2) is 19.9 Å². The van der Waals surface area contributed by atoms with Gasteiger partial charge in [-0.3, -0.25) is 4.57 Å². The Morgan fingerprint density at radius 3 is 2.70 bits per heavy atom. The van der Waals surface area contributed by atoms with Gasteiger partial charge >= 0.3 is 5.69 Å². The highest BCUT2D eigenvalue weighted by molar-refractivity contribution is 7.99. The first-order chi connectivity index (χ1) is 9.31. The summed E-state index contributed by atoms with van der Waals surface area (Å²) in [4.78, 5) is 20.3. The molecule has 0 aromatic carbocycles. The Morgan fingerprint density at radius 2 is 2.10 bits per heavy atom. The van der Waals surface area contributed by atoms with E-state index in [2.05, 4.69) is 20.2 Å². The number of anilines is 1. The first kappa shape index (κ1) is 14.6. The molecule has 108 valence electrons. The van der Waals surface area contributed by atoms with Gasteiger partial charge in [-0.05, 0) is 18.7 Å². The van der Waals surface area contributed by atoms with Gasteiger partial charge in [0.1, 0.15) is 16.7 Å². The number of nitrogens with two attached hydrogens (primary N) is 1. The van der Waals surface area contributed by atoms with Crippen LogP contribution in [0.2, 0.25) is 0 Å². The number of H-pyrrole nitrogens is 1. The van der Waals surface area contributed by atoms with Crippen LogP contribution >= 0.6 is 11.8 Å². The van der Waals surface area contributed by atoms with Crippen molar-refractivity contribution in [1.82, 2.24) is 24.7 Å². The molecule has 0 aliphatic carbocycles. The molecule has 0 spiro atoms. The predicted octanol–water partition coefficient (Wildman–Crippen LogP) is 1.41. The largest absolute Gasteiger partial charge is 0.384 e. The number of aromatic nitrogens is 5. The zero-order chi connectivity index (χ0) is 14.9. The Kier molecular flexibility index (Phi) is 3.85. The maximum Gasteiger partial charge on any atom is 0.343 e. The van der Waals surface area contributed by atoms with Crippen molar-refractivity contribution in [3.05, 3.63) is 22.4 Å². The van der Waals surface area contributed by atoms with Crippen LogP contribution < -0.4 is 11.4 Å². The third-order valence-corrected chi connectivity index (χ3v) is 3.54. The average molecular weight is 294 g/mol. The van der Waals surface area contributed by atoms with Gasteiger partial charge < -0.3 is 5.73 Å². The fourth-order valence-corrected chi connectivity index (χ4v) is 2.50. The quantitative estimate of drug-likeness (QED) is 0.830. The minimum absolute atomic E-state index is 0.194. The molecule has 2 rings (SSSR count). The molecule has 0 fully saturated rings. The smallest absolute Gasteiger partial charge is 0.343 e. The van der Waals surface area contributed by atoms with Crippen LogP contribution in [0.1, 0.15) is 33.5 Å². The van der Waals surface area contributed by atoms with Gasteiger partial charge in [-0.1, -0.05) is 20.8 Å². The second kappa shape index (κ2) is 5.28. The third-order valence-electron chi connectivity index (χ3n) is 2.63. The number of hydrogen-bond acceptors (Lipinski definition) is 6. The number of aromatic amines is 1. The van der Waals surface area contributed by atoms with Gasteiger partial charge in [0.25, 0.3) is 0 Å². The summed E-state index contributed by atoms with van der Waals surface area (Å²) >= 11 is 1.29. The monoisotopic (exact) mass is 294 g/mol. The number of nitrogens with one attached hydrogen (secondary N) is 1. The fraction of sp³-hybridized carbons (Fsp3) is 0.500. The van der Waals surface area contributed by atoms with Gasteiger partial charge in [0.2, 0.25) is 0 Å². The van der Waals surface area contributed by atoms with Gasteiger partial charge in [-0.2, -0.15) is 0 Å². The van der Waals surface area contributed by atoms with E-state index in [9.17, 15) is 4.79 Å². The summed E-state index contributed by atoms with van der Waals surface area (Å²) in [6.45, 7) is 8.49. The topological polar surface area (TPSA) is 102 Å². The highest BCUT2D eigenvalue weighted by Crippen LogP contribution is 2.27. The zero-order valence-corrected chi connectivity index (χ0v) is 12.8. The van der Waals surface area contributed by atoms with E-state index in [0.717, 1.165) is 0 Å². The molecular weight excluding hydrogens is 276 g/mol. The minimum atomic E-state index is -0.229. The highest BCUT2D eigenvalue weighted by atomic mass is 32.2. The zero-order valence-electron chi connectivity index (χ0n) is 12.0. The van der Waals surface area contributed by atoms with Gasteiger partial charge in [0, 0.05) is 18.0 Å². The van der Waals surface area contributed by atoms with Crippen LogP contribution in [-0.4, -0.2) is 24.7 Å². The Balaban J connectivity index is 2.39. The molecule has 20 heavy (non-hydrogen) atoms. The Bertz CT molecular complexity index is 669. The molecule has 0 amide bonds. The number of nitrogens with zero attached hydrogens (tertiary/aromatic N) is 4. The van der Waals surface area contributed by atoms with E-state index in [4.69, 9.17) is 5.73 Å². The predicted molar refractivity (Wildman–Crippen MR) is 77.8 cm³/mol. The van der Waals surface area contributed by atoms with Crippen molar-refractivity contribution in [2.45, 2.75) is 49.8 Å². The number of hydrogen-bond donors (Lipinski definition) is 2. The lowest BCUT2D eigenvalue weighted by molar-refractivity contribution is 0.539. The molecule has 0 saturated carbocycles. The summed E-state index contributed by atoms with van der Waals surface area (Å²) in [6.07, 6.45) is 0. The van der Waals surface area contributed by atoms with E-state index in [1.54, 1.807) is 10.6 Å². The van der Waals surface area contributed by atoms with Crippen molar-refractivity contribution in [2.75, 3.05) is 5.73 Å². The molecule has 0 atom stereocenters. The summed E-state index contributed by atoms with van der Waals surface area (Å²) < 4.78 is 1.54. The number of rotatable bonds is 3. The van der Waals surface area contributed by atoms with Crippen LogP contribution in [-0.2, 0) is 12.0 Å². The molecule has 0 unspecified atom stereocenters. The molecular formula is C12H18N6OS. The maximum atomic E-state index is 11.5. The highest BCUT2D eigenvalue weighted by Gasteiger charge is 2.19. The fourth-order valence-electron chi connectivity index (χ4n) is 1.58. The first-order valence-electron chi connectivity index (χ1n) is 6.29. The van der Waals surface area contributed by atoms with Gasteiger partial charge in [0.05, 0.1) is 0 Å². The third kappa shape index (κ3) is 3.01. The Labute approximate surface area is 121 Å². The number of nitrogen functional groups attached to an aromatic ring is 1. The summed E-state index contributed by atoms with van der Waals surface area (Å²) in [5, 5.41) is 7.66. The second-order valence-corrected chi connectivity index (χ2v) is 6.35. The van der Waals surface area contributed by atoms with Crippen LogP contribution in [0.5, 0.6) is 0 Å². The van der Waals surface area contributed by atoms with Crippen molar-refractivity contribution >= 4 is 17.6 Å². The van der Waals surface area contributed by atoms with Gasteiger partial charge in [0.15, 0.2) is 5.16 Å². The Hall–Kier alpha value is -1.83. The Morgan fingerprint density at radius 1 is 1.40 bits per heavy atom. The van der Waals surface area contributed by atoms with E-state index in [-0.39, 0.29) is 11.1 Å². The SMILES string of the molecule is CCn1c(Sc2cc(N)nc(C(C)(C)C)n2)n[nH]c1=O. The normalized spacial score (nSPS) is 11.8. The van der Waals surface area contributed by atoms with Crippen molar-refractivity contribution in [3.8, 4) is 0 Å². The van der Waals surface area contributed by atoms with Gasteiger partial charge in [-0.15, -0.1) is 5.10 Å². The lowest BCUT2D eigenvalue weighted by atomic mass is 9.96. The van der Waals surface area contributed by atoms with Crippen molar-refractivity contribution < 1.29 is 0 Å². The molecule has 2 aromatic heterocycles. The van der Waals surface area contributed by atoms with Crippen LogP contribution in [0.3, 0.4) is 0 Å². The summed E-state index contributed by atoms with van der Waals surface area (Å²) in [7, 11) is 0. The van der Waals surface area contributed by atoms with E-state index in [1.807, 2.05) is 27.7 Å². The van der Waals surface area contributed by atoms with E-state index < -0.39 is 0 Å². The standard InChI is InChI=1S/C12H18N6OS/c1-5-18-10(19)16-17-11(18)20-8-6-7(13)14-9(15-8)12(2,3)4/h6H,5H2,1-4H3,(H,16,19)(H2,13,14,15). The van der Waals surface area contributed by atoms with Crippen molar-refractivity contribution in [1.29, 1.82) is 0 Å². The van der Waals surface area contributed by atoms with E-state index in [0.29, 0.717) is 28.4 Å². The molecule has 7 nitrogen and oxygen atoms in total. The van der Waals surface area contributed by atoms with E-state index >= 15 is 0 Å². The molecule has 0 aliphatic heterocycles. The molecule has 0 radical (unpaired) electrons. The maximum absolute atomic E-state index is 11.5. The van der Waals surface area contributed by atoms with Crippen LogP contribution in [0.4, 0.5) is 5.82 Å². The lowest BCUT2D eigenvalue weighted by Gasteiger charge is -2.17. The average Bonchev–Trinajstić information content (AvgIpc) is 2.68. The van der Waals surface area contributed by atoms with E-state index in [1.165, 1.54) is 11.8 Å². The summed E-state index contributed by atoms with van der Waals surface area (Å²) in [5.74, 6) is 1.08. The molecule has 0 aliphatic rings. The minimum Gasteiger partial charge on any atom is -0.384 e.